The van der Waals surface area contributed by atoms with E-state index >= 15 is 0 Å². The van der Waals surface area contributed by atoms with Gasteiger partial charge in [0.1, 0.15) is 5.75 Å². The lowest BCUT2D eigenvalue weighted by Gasteiger charge is -2.08. The Bertz CT molecular complexity index is 913. The molecule has 0 aliphatic carbocycles. The Labute approximate surface area is 161 Å². The number of benzene rings is 2. The molecule has 0 aliphatic rings. The fourth-order valence-corrected chi connectivity index (χ4v) is 3.04. The zero-order chi connectivity index (χ0) is 19.2. The molecule has 0 saturated carbocycles. The average molecular weight is 415 g/mol. The smallest absolute Gasteiger partial charge is 0.258 e. The van der Waals surface area contributed by atoms with E-state index in [-0.39, 0.29) is 4.90 Å². The van der Waals surface area contributed by atoms with Gasteiger partial charge in [-0.3, -0.25) is 10.2 Å². The van der Waals surface area contributed by atoms with Crippen molar-refractivity contribution in [2.45, 2.75) is 11.8 Å². The summed E-state index contributed by atoms with van der Waals surface area (Å²) in [5.41, 5.74) is 2.75. The van der Waals surface area contributed by atoms with Gasteiger partial charge < -0.3 is 4.74 Å². The molecule has 0 radical (unpaired) electrons. The molecule has 2 rings (SSSR count). The van der Waals surface area contributed by atoms with Crippen LogP contribution in [-0.4, -0.2) is 20.9 Å². The van der Waals surface area contributed by atoms with Crippen LogP contribution in [0.4, 0.5) is 0 Å². The van der Waals surface area contributed by atoms with Gasteiger partial charge in [0.25, 0.3) is 15.9 Å². The summed E-state index contributed by atoms with van der Waals surface area (Å²) in [4.78, 5) is 13.8. The second-order valence-electron chi connectivity index (χ2n) is 5.01. The number of sulfonamides is 1. The number of hydrogen-bond acceptors (Lipinski definition) is 4. The van der Waals surface area contributed by atoms with Gasteiger partial charge in [-0.1, -0.05) is 29.3 Å². The van der Waals surface area contributed by atoms with Crippen LogP contribution in [0.2, 0.25) is 10.0 Å². The zero-order valence-corrected chi connectivity index (χ0v) is 16.0. The van der Waals surface area contributed by atoms with Crippen molar-refractivity contribution < 1.29 is 17.9 Å². The molecule has 2 aromatic rings. The van der Waals surface area contributed by atoms with E-state index in [4.69, 9.17) is 27.9 Å². The lowest BCUT2D eigenvalue weighted by Crippen LogP contribution is -2.40. The van der Waals surface area contributed by atoms with Crippen LogP contribution >= 0.6 is 23.2 Å². The van der Waals surface area contributed by atoms with E-state index in [0.717, 1.165) is 0 Å². The molecule has 0 spiro atoms. The fraction of sp³-hybridized carbons (Fsp3) is 0.118. The van der Waals surface area contributed by atoms with E-state index in [1.54, 1.807) is 18.2 Å². The number of hydrogen-bond donors (Lipinski definition) is 2. The SMILES string of the molecule is CCOc1ccc(S(=O)(=O)NNC(=O)/C=C/c2ccc(Cl)c(Cl)c2)cc1. The van der Waals surface area contributed by atoms with Crippen molar-refractivity contribution in [1.29, 1.82) is 0 Å². The quantitative estimate of drug-likeness (QED) is 0.536. The standard InChI is InChI=1S/C17H16Cl2N2O4S/c1-2-25-13-5-7-14(8-6-13)26(23,24)21-20-17(22)10-4-12-3-9-15(18)16(19)11-12/h3-11,21H,2H2,1H3,(H,20,22)/b10-4+. The molecule has 6 nitrogen and oxygen atoms in total. The number of carbonyl (C=O) groups excluding carboxylic acids is 1. The van der Waals surface area contributed by atoms with E-state index in [1.165, 1.54) is 36.4 Å². The topological polar surface area (TPSA) is 84.5 Å². The van der Waals surface area contributed by atoms with Crippen LogP contribution in [0, 0.1) is 0 Å². The predicted molar refractivity (Wildman–Crippen MR) is 102 cm³/mol. The van der Waals surface area contributed by atoms with Gasteiger partial charge >= 0.3 is 0 Å². The second kappa shape index (κ2) is 9.05. The fourth-order valence-electron chi connectivity index (χ4n) is 1.89. The molecule has 0 saturated heterocycles. The van der Waals surface area contributed by atoms with Crippen molar-refractivity contribution in [3.8, 4) is 5.75 Å². The number of carbonyl (C=O) groups is 1. The molecular weight excluding hydrogens is 399 g/mol. The Morgan fingerprint density at radius 1 is 1.12 bits per heavy atom. The normalized spacial score (nSPS) is 11.5. The maximum Gasteiger partial charge on any atom is 0.258 e. The lowest BCUT2D eigenvalue weighted by molar-refractivity contribution is -0.116. The molecule has 0 fully saturated rings. The number of amides is 1. The maximum atomic E-state index is 12.1. The molecule has 0 atom stereocenters. The average Bonchev–Trinajstić information content (AvgIpc) is 2.62. The lowest BCUT2D eigenvalue weighted by atomic mass is 10.2. The summed E-state index contributed by atoms with van der Waals surface area (Å²) >= 11 is 11.7. The van der Waals surface area contributed by atoms with Crippen molar-refractivity contribution in [3.05, 3.63) is 64.1 Å². The number of rotatable bonds is 7. The molecule has 26 heavy (non-hydrogen) atoms. The Balaban J connectivity index is 1.96. The third kappa shape index (κ3) is 5.74. The Hall–Kier alpha value is -2.06. The highest BCUT2D eigenvalue weighted by molar-refractivity contribution is 7.89. The third-order valence-corrected chi connectivity index (χ3v) is 5.13. The number of hydrazine groups is 1. The van der Waals surface area contributed by atoms with Gasteiger partial charge in [0, 0.05) is 6.08 Å². The number of halogens is 2. The van der Waals surface area contributed by atoms with E-state index in [9.17, 15) is 13.2 Å². The second-order valence-corrected chi connectivity index (χ2v) is 7.50. The van der Waals surface area contributed by atoms with Crippen molar-refractivity contribution in [2.24, 2.45) is 0 Å². The molecule has 2 aromatic carbocycles. The molecule has 2 N–H and O–H groups in total. The summed E-state index contributed by atoms with van der Waals surface area (Å²) in [7, 11) is -3.89. The highest BCUT2D eigenvalue weighted by Crippen LogP contribution is 2.23. The highest BCUT2D eigenvalue weighted by atomic mass is 35.5. The minimum atomic E-state index is -3.89. The van der Waals surface area contributed by atoms with Crippen LogP contribution in [0.1, 0.15) is 12.5 Å². The summed E-state index contributed by atoms with van der Waals surface area (Å²) < 4.78 is 29.5. The summed E-state index contributed by atoms with van der Waals surface area (Å²) in [6.07, 6.45) is 2.64. The van der Waals surface area contributed by atoms with Crippen LogP contribution in [0.5, 0.6) is 5.75 Å². The minimum Gasteiger partial charge on any atom is -0.494 e. The van der Waals surface area contributed by atoms with E-state index < -0.39 is 15.9 Å². The first-order chi connectivity index (χ1) is 12.3. The molecular formula is C17H16Cl2N2O4S. The van der Waals surface area contributed by atoms with Crippen molar-refractivity contribution in [2.75, 3.05) is 6.61 Å². The Morgan fingerprint density at radius 3 is 2.42 bits per heavy atom. The third-order valence-electron chi connectivity index (χ3n) is 3.12. The maximum absolute atomic E-state index is 12.1. The summed E-state index contributed by atoms with van der Waals surface area (Å²) in [5, 5.41) is 0.752. The molecule has 0 aliphatic heterocycles. The van der Waals surface area contributed by atoms with Gasteiger partial charge in [-0.15, -0.1) is 4.83 Å². The van der Waals surface area contributed by atoms with Crippen LogP contribution in [0.25, 0.3) is 6.08 Å². The van der Waals surface area contributed by atoms with Crippen LogP contribution < -0.4 is 15.0 Å². The first-order valence-electron chi connectivity index (χ1n) is 7.49. The molecule has 1 amide bonds. The van der Waals surface area contributed by atoms with Gasteiger partial charge in [-0.05, 0) is 55.0 Å². The first kappa shape index (κ1) is 20.3. The summed E-state index contributed by atoms with van der Waals surface area (Å²) in [6.45, 7) is 2.30. The Morgan fingerprint density at radius 2 is 1.81 bits per heavy atom. The number of nitrogens with one attached hydrogen (secondary N) is 2. The largest absolute Gasteiger partial charge is 0.494 e. The van der Waals surface area contributed by atoms with Crippen molar-refractivity contribution in [1.82, 2.24) is 10.3 Å². The van der Waals surface area contributed by atoms with Crippen LogP contribution in [-0.2, 0) is 14.8 Å². The minimum absolute atomic E-state index is 0.00489. The number of ether oxygens (including phenoxy) is 1. The van der Waals surface area contributed by atoms with E-state index in [2.05, 4.69) is 5.43 Å². The molecule has 0 bridgehead atoms. The van der Waals surface area contributed by atoms with E-state index in [1.807, 2.05) is 11.8 Å². The van der Waals surface area contributed by atoms with Crippen molar-refractivity contribution >= 4 is 45.2 Å². The summed E-state index contributed by atoms with van der Waals surface area (Å²) in [5.74, 6) is -0.0920. The predicted octanol–water partition coefficient (Wildman–Crippen LogP) is 3.42. The zero-order valence-electron chi connectivity index (χ0n) is 13.7. The van der Waals surface area contributed by atoms with Gasteiger partial charge in [-0.25, -0.2) is 8.42 Å². The van der Waals surface area contributed by atoms with Gasteiger partial charge in [0.2, 0.25) is 0 Å². The van der Waals surface area contributed by atoms with Gasteiger partial charge in [-0.2, -0.15) is 0 Å². The molecule has 9 heteroatoms. The van der Waals surface area contributed by atoms with Crippen LogP contribution in [0.3, 0.4) is 0 Å². The first-order valence-corrected chi connectivity index (χ1v) is 9.73. The monoisotopic (exact) mass is 414 g/mol. The summed E-state index contributed by atoms with van der Waals surface area (Å²) in [6, 6.07) is 10.7. The molecule has 0 heterocycles. The van der Waals surface area contributed by atoms with Gasteiger partial charge in [0.05, 0.1) is 21.5 Å². The highest BCUT2D eigenvalue weighted by Gasteiger charge is 2.14. The van der Waals surface area contributed by atoms with E-state index in [0.29, 0.717) is 28.0 Å². The Kier molecular flexibility index (Phi) is 7.05. The van der Waals surface area contributed by atoms with Gasteiger partial charge in [0.15, 0.2) is 0 Å². The molecule has 0 aromatic heterocycles. The van der Waals surface area contributed by atoms with Crippen LogP contribution in [0.15, 0.2) is 53.4 Å². The molecule has 0 unspecified atom stereocenters. The van der Waals surface area contributed by atoms with Crippen molar-refractivity contribution in [3.63, 3.8) is 0 Å². The molecule has 138 valence electrons.